The quantitative estimate of drug-likeness (QED) is 0.838. The number of amides is 2. The second kappa shape index (κ2) is 4.21. The molecule has 2 rings (SSSR count). The molecule has 92 valence electrons. The number of imidazole rings is 1. The van der Waals surface area contributed by atoms with E-state index < -0.39 is 0 Å². The van der Waals surface area contributed by atoms with E-state index in [1.54, 1.807) is 18.3 Å². The van der Waals surface area contributed by atoms with Gasteiger partial charge < -0.3 is 9.67 Å². The number of carbonyl (C=O) groups excluding carboxylic acids is 1. The molecule has 0 aromatic carbocycles. The van der Waals surface area contributed by atoms with Crippen molar-refractivity contribution in [2.45, 2.75) is 6.42 Å². The zero-order valence-corrected chi connectivity index (χ0v) is 10.1. The molecule has 0 saturated heterocycles. The van der Waals surface area contributed by atoms with Gasteiger partial charge in [0.05, 0.1) is 12.0 Å². The van der Waals surface area contributed by atoms with Crippen LogP contribution in [-0.2, 0) is 7.05 Å². The van der Waals surface area contributed by atoms with Gasteiger partial charge in [0, 0.05) is 27.2 Å². The van der Waals surface area contributed by atoms with Gasteiger partial charge in [-0.15, -0.1) is 0 Å². The summed E-state index contributed by atoms with van der Waals surface area (Å²) < 4.78 is 1.84. The fraction of sp³-hybridized carbons (Fsp3) is 0.455. The molecule has 2 amide bonds. The standard InChI is InChI=1S/C11H16N4O2/c1-8-9-10(12-7-13(9)2)14(3)11(17)15(8)5-4-6-16/h7,16H,1,4-6H2,2-3H3. The smallest absolute Gasteiger partial charge is 0.329 e. The van der Waals surface area contributed by atoms with Gasteiger partial charge in [0.25, 0.3) is 0 Å². The first-order chi connectivity index (χ1) is 8.07. The molecule has 6 nitrogen and oxygen atoms in total. The summed E-state index contributed by atoms with van der Waals surface area (Å²) in [6.07, 6.45) is 2.20. The van der Waals surface area contributed by atoms with Gasteiger partial charge >= 0.3 is 6.03 Å². The Hall–Kier alpha value is -1.82. The normalized spacial score (nSPS) is 15.5. The van der Waals surface area contributed by atoms with Gasteiger partial charge in [-0.2, -0.15) is 0 Å². The van der Waals surface area contributed by atoms with E-state index in [1.165, 1.54) is 4.90 Å². The molecule has 6 heteroatoms. The monoisotopic (exact) mass is 236 g/mol. The van der Waals surface area contributed by atoms with Crippen molar-refractivity contribution in [2.75, 3.05) is 25.1 Å². The van der Waals surface area contributed by atoms with Crippen LogP contribution in [0.15, 0.2) is 12.9 Å². The van der Waals surface area contributed by atoms with Crippen LogP contribution in [0.25, 0.3) is 5.70 Å². The van der Waals surface area contributed by atoms with Gasteiger partial charge in [-0.25, -0.2) is 9.78 Å². The Morgan fingerprint density at radius 1 is 1.47 bits per heavy atom. The molecule has 0 saturated carbocycles. The summed E-state index contributed by atoms with van der Waals surface area (Å²) in [5.74, 6) is 0.628. The van der Waals surface area contributed by atoms with E-state index in [2.05, 4.69) is 11.6 Å². The van der Waals surface area contributed by atoms with Crippen LogP contribution >= 0.6 is 0 Å². The second-order valence-corrected chi connectivity index (χ2v) is 4.04. The van der Waals surface area contributed by atoms with Crippen LogP contribution in [0, 0.1) is 0 Å². The van der Waals surface area contributed by atoms with Crippen LogP contribution < -0.4 is 4.90 Å². The van der Waals surface area contributed by atoms with Crippen molar-refractivity contribution in [3.63, 3.8) is 0 Å². The highest BCUT2D eigenvalue weighted by molar-refractivity contribution is 6.02. The number of nitrogens with zero attached hydrogens (tertiary/aromatic N) is 4. The first kappa shape index (κ1) is 11.7. The molecule has 0 fully saturated rings. The lowest BCUT2D eigenvalue weighted by molar-refractivity contribution is 0.217. The first-order valence-corrected chi connectivity index (χ1v) is 5.44. The van der Waals surface area contributed by atoms with Crippen LogP contribution in [0.1, 0.15) is 12.1 Å². The summed E-state index contributed by atoms with van der Waals surface area (Å²) in [4.78, 5) is 19.3. The molecule has 1 aromatic heterocycles. The lowest BCUT2D eigenvalue weighted by atomic mass is 10.2. The van der Waals surface area contributed by atoms with Crippen LogP contribution in [0.4, 0.5) is 10.6 Å². The Labute approximate surface area is 99.8 Å². The van der Waals surface area contributed by atoms with Crippen LogP contribution in [-0.4, -0.2) is 45.8 Å². The molecular formula is C11H16N4O2. The maximum absolute atomic E-state index is 12.1. The van der Waals surface area contributed by atoms with Gasteiger partial charge in [-0.3, -0.25) is 9.80 Å². The Morgan fingerprint density at radius 2 is 2.18 bits per heavy atom. The van der Waals surface area contributed by atoms with E-state index in [0.29, 0.717) is 24.5 Å². The molecule has 0 unspecified atom stereocenters. The summed E-state index contributed by atoms with van der Waals surface area (Å²) in [6.45, 7) is 4.46. The summed E-state index contributed by atoms with van der Waals surface area (Å²) in [6, 6.07) is -0.158. The number of urea groups is 1. The van der Waals surface area contributed by atoms with E-state index in [9.17, 15) is 4.79 Å². The topological polar surface area (TPSA) is 61.6 Å². The zero-order valence-electron chi connectivity index (χ0n) is 10.1. The number of hydrogen-bond acceptors (Lipinski definition) is 3. The maximum Gasteiger partial charge on any atom is 0.329 e. The highest BCUT2D eigenvalue weighted by Crippen LogP contribution is 2.32. The van der Waals surface area contributed by atoms with Crippen molar-refractivity contribution in [1.29, 1.82) is 0 Å². The number of aromatic nitrogens is 2. The molecule has 17 heavy (non-hydrogen) atoms. The molecule has 0 atom stereocenters. The number of aryl methyl sites for hydroxylation is 1. The van der Waals surface area contributed by atoms with Crippen molar-refractivity contribution in [3.8, 4) is 0 Å². The Kier molecular flexibility index (Phi) is 2.89. The first-order valence-electron chi connectivity index (χ1n) is 5.44. The largest absolute Gasteiger partial charge is 0.396 e. The summed E-state index contributed by atoms with van der Waals surface area (Å²) in [5, 5.41) is 8.85. The predicted octanol–water partition coefficient (Wildman–Crippen LogP) is 0.645. The average Bonchev–Trinajstić information content (AvgIpc) is 2.69. The van der Waals surface area contributed by atoms with Gasteiger partial charge in [0.2, 0.25) is 0 Å². The SMILES string of the molecule is C=C1c2c(ncn2C)N(C)C(=O)N1CCCO. The molecule has 0 aliphatic carbocycles. The summed E-state index contributed by atoms with van der Waals surface area (Å²) >= 11 is 0. The average molecular weight is 236 g/mol. The Balaban J connectivity index is 2.38. The highest BCUT2D eigenvalue weighted by Gasteiger charge is 2.33. The fourth-order valence-corrected chi connectivity index (χ4v) is 1.97. The van der Waals surface area contributed by atoms with Gasteiger partial charge in [0.15, 0.2) is 5.82 Å². The molecule has 2 heterocycles. The predicted molar refractivity (Wildman–Crippen MR) is 64.4 cm³/mol. The highest BCUT2D eigenvalue weighted by atomic mass is 16.3. The molecule has 1 aromatic rings. The summed E-state index contributed by atoms with van der Waals surface area (Å²) in [5.41, 5.74) is 1.47. The number of aliphatic hydroxyl groups excluding tert-OH is 1. The number of carbonyl (C=O) groups is 1. The molecule has 1 aliphatic heterocycles. The molecule has 0 bridgehead atoms. The lowest BCUT2D eigenvalue weighted by Gasteiger charge is -2.34. The van der Waals surface area contributed by atoms with E-state index in [1.807, 2.05) is 11.6 Å². The third-order valence-electron chi connectivity index (χ3n) is 2.89. The minimum atomic E-state index is -0.158. The van der Waals surface area contributed by atoms with E-state index in [-0.39, 0.29) is 12.6 Å². The maximum atomic E-state index is 12.1. The minimum Gasteiger partial charge on any atom is -0.396 e. The van der Waals surface area contributed by atoms with Crippen LogP contribution in [0.3, 0.4) is 0 Å². The third-order valence-corrected chi connectivity index (χ3v) is 2.89. The molecule has 1 N–H and O–H groups in total. The second-order valence-electron chi connectivity index (χ2n) is 4.04. The number of anilines is 1. The zero-order chi connectivity index (χ0) is 12.6. The van der Waals surface area contributed by atoms with Crippen molar-refractivity contribution >= 4 is 17.5 Å². The van der Waals surface area contributed by atoms with Crippen molar-refractivity contribution in [1.82, 2.24) is 14.5 Å². The number of rotatable bonds is 3. The molecule has 1 aliphatic rings. The Morgan fingerprint density at radius 3 is 2.82 bits per heavy atom. The molecule has 0 radical (unpaired) electrons. The summed E-state index contributed by atoms with van der Waals surface area (Å²) in [7, 11) is 3.55. The fourth-order valence-electron chi connectivity index (χ4n) is 1.97. The number of hydrogen-bond donors (Lipinski definition) is 1. The minimum absolute atomic E-state index is 0.0546. The molecule has 0 spiro atoms. The lowest BCUT2D eigenvalue weighted by Crippen LogP contribution is -2.45. The Bertz CT molecular complexity index is 466. The van der Waals surface area contributed by atoms with E-state index >= 15 is 0 Å². The van der Waals surface area contributed by atoms with Gasteiger partial charge in [-0.05, 0) is 6.42 Å². The van der Waals surface area contributed by atoms with Crippen molar-refractivity contribution in [3.05, 3.63) is 18.6 Å². The van der Waals surface area contributed by atoms with E-state index in [4.69, 9.17) is 5.11 Å². The van der Waals surface area contributed by atoms with Crippen molar-refractivity contribution in [2.24, 2.45) is 7.05 Å². The van der Waals surface area contributed by atoms with Crippen molar-refractivity contribution < 1.29 is 9.90 Å². The molecular weight excluding hydrogens is 220 g/mol. The van der Waals surface area contributed by atoms with Crippen LogP contribution in [0.5, 0.6) is 0 Å². The number of fused-ring (bicyclic) bond motifs is 1. The van der Waals surface area contributed by atoms with Crippen LogP contribution in [0.2, 0.25) is 0 Å². The van der Waals surface area contributed by atoms with Gasteiger partial charge in [-0.1, -0.05) is 6.58 Å². The van der Waals surface area contributed by atoms with E-state index in [0.717, 1.165) is 5.69 Å². The number of aliphatic hydroxyl groups is 1. The third kappa shape index (κ3) is 1.70. The van der Waals surface area contributed by atoms with Gasteiger partial charge in [0.1, 0.15) is 5.69 Å².